The number of carbonyl (C=O) groups is 1. The zero-order valence-corrected chi connectivity index (χ0v) is 16.1. The fraction of sp³-hybridized carbons (Fsp3) is 0.684. The number of hydrogen-bond acceptors (Lipinski definition) is 5. The molecule has 1 aromatic rings. The third-order valence-electron chi connectivity index (χ3n) is 5.17. The second-order valence-corrected chi connectivity index (χ2v) is 8.44. The molecule has 3 atom stereocenters. The zero-order valence-electron chi connectivity index (χ0n) is 15.3. The predicted octanol–water partition coefficient (Wildman–Crippen LogP) is 3.18. The molecule has 3 rings (SSSR count). The van der Waals surface area contributed by atoms with Crippen LogP contribution >= 0.6 is 11.3 Å². The van der Waals surface area contributed by atoms with Crippen LogP contribution in [0.15, 0.2) is 0 Å². The molecule has 5 nitrogen and oxygen atoms in total. The molecule has 0 radical (unpaired) electrons. The maximum Gasteiger partial charge on any atom is 0.239 e. The molecule has 136 valence electrons. The van der Waals surface area contributed by atoms with Crippen LogP contribution < -0.4 is 5.32 Å². The molecule has 0 saturated carbocycles. The molecular formula is C19H27N3O2S. The molecule has 0 spiro atoms. The Labute approximate surface area is 154 Å². The molecule has 2 aliphatic rings. The second-order valence-electron chi connectivity index (χ2n) is 7.34. The number of nitrogens with zero attached hydrogens (tertiary/aromatic N) is 2. The molecule has 3 unspecified atom stereocenters. The summed E-state index contributed by atoms with van der Waals surface area (Å²) in [4.78, 5) is 15.9. The Morgan fingerprint density at radius 3 is 2.76 bits per heavy atom. The van der Waals surface area contributed by atoms with E-state index in [0.717, 1.165) is 37.4 Å². The lowest BCUT2D eigenvalue weighted by Gasteiger charge is -2.34. The lowest BCUT2D eigenvalue weighted by Crippen LogP contribution is -2.48. The smallest absolute Gasteiger partial charge is 0.239 e. The van der Waals surface area contributed by atoms with E-state index in [1.807, 2.05) is 13.8 Å². The highest BCUT2D eigenvalue weighted by molar-refractivity contribution is 7.16. The molecule has 1 aromatic heterocycles. The molecule has 1 fully saturated rings. The summed E-state index contributed by atoms with van der Waals surface area (Å²) in [7, 11) is 0. The first-order valence-corrected chi connectivity index (χ1v) is 10.0. The Morgan fingerprint density at radius 1 is 1.40 bits per heavy atom. The summed E-state index contributed by atoms with van der Waals surface area (Å²) in [6, 6.07) is 2.32. The van der Waals surface area contributed by atoms with E-state index in [4.69, 9.17) is 4.74 Å². The summed E-state index contributed by atoms with van der Waals surface area (Å²) >= 11 is 1.60. The van der Waals surface area contributed by atoms with Crippen molar-refractivity contribution in [2.24, 2.45) is 5.92 Å². The van der Waals surface area contributed by atoms with Crippen molar-refractivity contribution in [1.82, 2.24) is 4.90 Å². The van der Waals surface area contributed by atoms with E-state index in [1.54, 1.807) is 11.3 Å². The van der Waals surface area contributed by atoms with Gasteiger partial charge in [-0.3, -0.25) is 9.69 Å². The van der Waals surface area contributed by atoms with Gasteiger partial charge in [-0.2, -0.15) is 5.26 Å². The van der Waals surface area contributed by atoms with Crippen molar-refractivity contribution in [1.29, 1.82) is 5.26 Å². The number of ether oxygens (including phenoxy) is 1. The first-order chi connectivity index (χ1) is 12.0. The molecule has 1 saturated heterocycles. The maximum atomic E-state index is 12.5. The molecular weight excluding hydrogens is 334 g/mol. The van der Waals surface area contributed by atoms with Crippen LogP contribution in [0.1, 0.15) is 49.6 Å². The van der Waals surface area contributed by atoms with Gasteiger partial charge >= 0.3 is 0 Å². The molecule has 25 heavy (non-hydrogen) atoms. The standard InChI is InChI=1S/C19H27N3O2S/c1-4-14-5-6-15-16(8-20)19(25-17(15)7-14)21-18(23)11-22-9-12(2)24-13(3)10-22/h12-14H,4-7,9-11H2,1-3H3,(H,21,23). The number of nitrogens with one attached hydrogen (secondary N) is 1. The first kappa shape index (κ1) is 18.4. The van der Waals surface area contributed by atoms with Crippen molar-refractivity contribution < 1.29 is 9.53 Å². The molecule has 1 aliphatic heterocycles. The van der Waals surface area contributed by atoms with Crippen LogP contribution in [0.2, 0.25) is 0 Å². The summed E-state index contributed by atoms with van der Waals surface area (Å²) in [6.45, 7) is 8.17. The second kappa shape index (κ2) is 7.86. The number of nitriles is 1. The van der Waals surface area contributed by atoms with Gasteiger partial charge in [0.05, 0.1) is 24.3 Å². The van der Waals surface area contributed by atoms with E-state index in [9.17, 15) is 10.1 Å². The molecule has 2 heterocycles. The van der Waals surface area contributed by atoms with Crippen molar-refractivity contribution in [3.8, 4) is 6.07 Å². The lowest BCUT2D eigenvalue weighted by atomic mass is 9.86. The van der Waals surface area contributed by atoms with Gasteiger partial charge in [-0.1, -0.05) is 13.3 Å². The minimum absolute atomic E-state index is 0.0385. The zero-order chi connectivity index (χ0) is 18.0. The van der Waals surface area contributed by atoms with Gasteiger partial charge in [-0.15, -0.1) is 11.3 Å². The molecule has 1 amide bonds. The van der Waals surface area contributed by atoms with E-state index in [0.29, 0.717) is 18.0 Å². The Kier molecular flexibility index (Phi) is 5.78. The summed E-state index contributed by atoms with van der Waals surface area (Å²) in [6.07, 6.45) is 4.61. The highest BCUT2D eigenvalue weighted by Crippen LogP contribution is 2.39. The fourth-order valence-electron chi connectivity index (χ4n) is 3.99. The molecule has 1 N–H and O–H groups in total. The minimum Gasteiger partial charge on any atom is -0.373 e. The Bertz CT molecular complexity index is 669. The highest BCUT2D eigenvalue weighted by Gasteiger charge is 2.27. The first-order valence-electron chi connectivity index (χ1n) is 9.22. The van der Waals surface area contributed by atoms with E-state index >= 15 is 0 Å². The molecule has 0 aromatic carbocycles. The topological polar surface area (TPSA) is 65.4 Å². The summed E-state index contributed by atoms with van der Waals surface area (Å²) in [5.41, 5.74) is 1.85. The number of anilines is 1. The van der Waals surface area contributed by atoms with Gasteiger partial charge in [0.15, 0.2) is 0 Å². The quantitative estimate of drug-likeness (QED) is 0.894. The summed E-state index contributed by atoms with van der Waals surface area (Å²) < 4.78 is 5.71. The highest BCUT2D eigenvalue weighted by atomic mass is 32.1. The number of amides is 1. The van der Waals surface area contributed by atoms with Crippen molar-refractivity contribution in [3.63, 3.8) is 0 Å². The predicted molar refractivity (Wildman–Crippen MR) is 99.9 cm³/mol. The van der Waals surface area contributed by atoms with Gasteiger partial charge < -0.3 is 10.1 Å². The number of morpholine rings is 1. The lowest BCUT2D eigenvalue weighted by molar-refractivity contribution is -0.121. The van der Waals surface area contributed by atoms with Crippen molar-refractivity contribution in [2.75, 3.05) is 25.0 Å². The van der Waals surface area contributed by atoms with Crippen LogP contribution in [-0.2, 0) is 22.4 Å². The summed E-state index contributed by atoms with van der Waals surface area (Å²) in [5, 5.41) is 13.3. The Morgan fingerprint density at radius 2 is 2.12 bits per heavy atom. The van der Waals surface area contributed by atoms with E-state index in [-0.39, 0.29) is 18.1 Å². The average Bonchev–Trinajstić information content (AvgIpc) is 2.89. The number of rotatable bonds is 4. The Hall–Kier alpha value is -1.42. The number of carbonyl (C=O) groups excluding carboxylic acids is 1. The SMILES string of the molecule is CCC1CCc2c(sc(NC(=O)CN3CC(C)OC(C)C3)c2C#N)C1. The van der Waals surface area contributed by atoms with Crippen LogP contribution in [0.25, 0.3) is 0 Å². The van der Waals surface area contributed by atoms with Crippen molar-refractivity contribution in [2.45, 2.75) is 58.7 Å². The van der Waals surface area contributed by atoms with Crippen LogP contribution in [0, 0.1) is 17.2 Å². The van der Waals surface area contributed by atoms with Crippen molar-refractivity contribution in [3.05, 3.63) is 16.0 Å². The van der Waals surface area contributed by atoms with Crippen LogP contribution in [0.3, 0.4) is 0 Å². The summed E-state index contributed by atoms with van der Waals surface area (Å²) in [5.74, 6) is 0.668. The van der Waals surface area contributed by atoms with Gasteiger partial charge in [0, 0.05) is 18.0 Å². The molecule has 6 heteroatoms. The van der Waals surface area contributed by atoms with Crippen molar-refractivity contribution >= 4 is 22.2 Å². The largest absolute Gasteiger partial charge is 0.373 e. The van der Waals surface area contributed by atoms with Crippen LogP contribution in [0.5, 0.6) is 0 Å². The third kappa shape index (κ3) is 4.22. The van der Waals surface area contributed by atoms with Crippen LogP contribution in [-0.4, -0.2) is 42.6 Å². The monoisotopic (exact) mass is 361 g/mol. The fourth-order valence-corrected chi connectivity index (χ4v) is 5.32. The average molecular weight is 362 g/mol. The van der Waals surface area contributed by atoms with E-state index in [2.05, 4.69) is 23.2 Å². The normalized spacial score (nSPS) is 26.7. The van der Waals surface area contributed by atoms with Gasteiger partial charge in [-0.25, -0.2) is 0 Å². The van der Waals surface area contributed by atoms with Gasteiger partial charge in [0.2, 0.25) is 5.91 Å². The Balaban J connectivity index is 1.67. The van der Waals surface area contributed by atoms with Crippen LogP contribution in [0.4, 0.5) is 5.00 Å². The minimum atomic E-state index is -0.0385. The maximum absolute atomic E-state index is 12.5. The third-order valence-corrected chi connectivity index (χ3v) is 6.34. The van der Waals surface area contributed by atoms with Gasteiger partial charge in [0.1, 0.15) is 11.1 Å². The molecule has 1 aliphatic carbocycles. The van der Waals surface area contributed by atoms with E-state index in [1.165, 1.54) is 16.9 Å². The van der Waals surface area contributed by atoms with Gasteiger partial charge in [0.25, 0.3) is 0 Å². The number of thiophene rings is 1. The number of hydrogen-bond donors (Lipinski definition) is 1. The van der Waals surface area contributed by atoms with E-state index < -0.39 is 0 Å². The van der Waals surface area contributed by atoms with Gasteiger partial charge in [-0.05, 0) is 44.6 Å². The molecule has 0 bridgehead atoms. The number of fused-ring (bicyclic) bond motifs is 1.